The Balaban J connectivity index is 2.47. The van der Waals surface area contributed by atoms with Gasteiger partial charge in [-0.05, 0) is 25.0 Å². The molecule has 1 N–H and O–H groups in total. The van der Waals surface area contributed by atoms with E-state index in [-0.39, 0.29) is 0 Å². The highest BCUT2D eigenvalue weighted by Gasteiger charge is 2.13. The van der Waals surface area contributed by atoms with Gasteiger partial charge in [-0.1, -0.05) is 31.5 Å². The zero-order chi connectivity index (χ0) is 15.2. The van der Waals surface area contributed by atoms with Crippen molar-refractivity contribution in [3.05, 3.63) is 35.1 Å². The summed E-state index contributed by atoms with van der Waals surface area (Å²) < 4.78 is 5.28. The first-order chi connectivity index (χ1) is 10.2. The molecule has 0 bridgehead atoms. The van der Waals surface area contributed by atoms with E-state index in [9.17, 15) is 0 Å². The van der Waals surface area contributed by atoms with Gasteiger partial charge in [-0.3, -0.25) is 0 Å². The third kappa shape index (κ3) is 3.45. The molecule has 0 atom stereocenters. The number of anilines is 1. The SMILES string of the molecule is CCCNc1ncnc(-c2ccc(Cl)c(OC)c2)c1CC. The Hall–Kier alpha value is -1.81. The molecule has 1 aromatic carbocycles. The summed E-state index contributed by atoms with van der Waals surface area (Å²) in [6.45, 7) is 5.13. The van der Waals surface area contributed by atoms with Crippen LogP contribution in [-0.2, 0) is 6.42 Å². The Labute approximate surface area is 130 Å². The van der Waals surface area contributed by atoms with Crippen LogP contribution >= 0.6 is 11.6 Å². The summed E-state index contributed by atoms with van der Waals surface area (Å²) in [5.41, 5.74) is 3.01. The van der Waals surface area contributed by atoms with Crippen LogP contribution in [0.5, 0.6) is 5.75 Å². The summed E-state index contributed by atoms with van der Waals surface area (Å²) in [4.78, 5) is 8.80. The molecule has 0 fully saturated rings. The molecule has 2 rings (SSSR count). The van der Waals surface area contributed by atoms with Crippen molar-refractivity contribution < 1.29 is 4.74 Å². The second-order valence-corrected chi connectivity index (χ2v) is 5.09. The number of halogens is 1. The molecule has 112 valence electrons. The minimum absolute atomic E-state index is 0.595. The zero-order valence-corrected chi connectivity index (χ0v) is 13.4. The van der Waals surface area contributed by atoms with Crippen LogP contribution in [0.25, 0.3) is 11.3 Å². The molecule has 4 nitrogen and oxygen atoms in total. The number of rotatable bonds is 6. The van der Waals surface area contributed by atoms with Crippen molar-refractivity contribution in [3.8, 4) is 17.0 Å². The summed E-state index contributed by atoms with van der Waals surface area (Å²) in [6.07, 6.45) is 3.50. The van der Waals surface area contributed by atoms with Crippen LogP contribution in [0.3, 0.4) is 0 Å². The molecule has 0 spiro atoms. The lowest BCUT2D eigenvalue weighted by atomic mass is 10.0. The fourth-order valence-corrected chi connectivity index (χ4v) is 2.39. The molecule has 0 saturated carbocycles. The summed E-state index contributed by atoms with van der Waals surface area (Å²) >= 11 is 6.09. The molecule has 5 heteroatoms. The van der Waals surface area contributed by atoms with Crippen molar-refractivity contribution in [2.24, 2.45) is 0 Å². The molecule has 2 aromatic rings. The topological polar surface area (TPSA) is 47.0 Å². The monoisotopic (exact) mass is 305 g/mol. The van der Waals surface area contributed by atoms with Crippen LogP contribution < -0.4 is 10.1 Å². The third-order valence-electron chi connectivity index (χ3n) is 3.27. The van der Waals surface area contributed by atoms with Crippen LogP contribution in [0.4, 0.5) is 5.82 Å². The van der Waals surface area contributed by atoms with Crippen molar-refractivity contribution in [3.63, 3.8) is 0 Å². The van der Waals surface area contributed by atoms with Gasteiger partial charge in [0.05, 0.1) is 17.8 Å². The van der Waals surface area contributed by atoms with E-state index in [4.69, 9.17) is 16.3 Å². The number of nitrogens with zero attached hydrogens (tertiary/aromatic N) is 2. The van der Waals surface area contributed by atoms with E-state index in [0.29, 0.717) is 10.8 Å². The maximum Gasteiger partial charge on any atom is 0.138 e. The van der Waals surface area contributed by atoms with Gasteiger partial charge in [0, 0.05) is 17.7 Å². The molecule has 0 radical (unpaired) electrons. The van der Waals surface area contributed by atoms with Gasteiger partial charge in [0.1, 0.15) is 17.9 Å². The number of benzene rings is 1. The average molecular weight is 306 g/mol. The van der Waals surface area contributed by atoms with E-state index >= 15 is 0 Å². The molecule has 0 amide bonds. The highest BCUT2D eigenvalue weighted by molar-refractivity contribution is 6.32. The first kappa shape index (κ1) is 15.6. The molecule has 0 aliphatic rings. The number of methoxy groups -OCH3 is 1. The highest BCUT2D eigenvalue weighted by Crippen LogP contribution is 2.32. The smallest absolute Gasteiger partial charge is 0.138 e. The van der Waals surface area contributed by atoms with E-state index in [0.717, 1.165) is 42.0 Å². The van der Waals surface area contributed by atoms with Crippen LogP contribution in [0.1, 0.15) is 25.8 Å². The van der Waals surface area contributed by atoms with Gasteiger partial charge in [0.15, 0.2) is 0 Å². The van der Waals surface area contributed by atoms with Gasteiger partial charge < -0.3 is 10.1 Å². The lowest BCUT2D eigenvalue weighted by molar-refractivity contribution is 0.415. The number of hydrogen-bond acceptors (Lipinski definition) is 4. The molecular formula is C16H20ClN3O. The predicted octanol–water partition coefficient (Wildman–Crippen LogP) is 4.19. The lowest BCUT2D eigenvalue weighted by Gasteiger charge is -2.14. The van der Waals surface area contributed by atoms with Crippen molar-refractivity contribution in [2.75, 3.05) is 19.0 Å². The number of ether oxygens (including phenoxy) is 1. The standard InChI is InChI=1S/C16H20ClN3O/c1-4-8-18-16-12(5-2)15(19-10-20-16)11-6-7-13(17)14(9-11)21-3/h6-7,9-10H,4-5,8H2,1-3H3,(H,18,19,20). The van der Waals surface area contributed by atoms with E-state index in [1.165, 1.54) is 0 Å². The fourth-order valence-electron chi connectivity index (χ4n) is 2.20. The van der Waals surface area contributed by atoms with Crippen LogP contribution in [0, 0.1) is 0 Å². The van der Waals surface area contributed by atoms with Crippen LogP contribution in [-0.4, -0.2) is 23.6 Å². The first-order valence-electron chi connectivity index (χ1n) is 7.12. The van der Waals surface area contributed by atoms with Crippen molar-refractivity contribution >= 4 is 17.4 Å². The molecule has 0 aliphatic carbocycles. The van der Waals surface area contributed by atoms with E-state index in [1.54, 1.807) is 13.4 Å². The second kappa shape index (κ2) is 7.27. The van der Waals surface area contributed by atoms with Crippen LogP contribution in [0.15, 0.2) is 24.5 Å². The Kier molecular flexibility index (Phi) is 5.39. The third-order valence-corrected chi connectivity index (χ3v) is 3.58. The van der Waals surface area contributed by atoms with Gasteiger partial charge in [-0.25, -0.2) is 9.97 Å². The Morgan fingerprint density at radius 3 is 2.71 bits per heavy atom. The number of nitrogens with one attached hydrogen (secondary N) is 1. The van der Waals surface area contributed by atoms with Crippen molar-refractivity contribution in [1.29, 1.82) is 0 Å². The predicted molar refractivity (Wildman–Crippen MR) is 87.2 cm³/mol. The molecule has 1 heterocycles. The Morgan fingerprint density at radius 2 is 2.05 bits per heavy atom. The van der Waals surface area contributed by atoms with E-state index in [1.807, 2.05) is 18.2 Å². The maximum atomic E-state index is 6.09. The summed E-state index contributed by atoms with van der Waals surface area (Å²) in [7, 11) is 1.61. The normalized spacial score (nSPS) is 10.5. The van der Waals surface area contributed by atoms with E-state index in [2.05, 4.69) is 29.1 Å². The summed E-state index contributed by atoms with van der Waals surface area (Å²) in [6, 6.07) is 5.69. The Morgan fingerprint density at radius 1 is 1.24 bits per heavy atom. The van der Waals surface area contributed by atoms with Gasteiger partial charge in [0.25, 0.3) is 0 Å². The first-order valence-corrected chi connectivity index (χ1v) is 7.50. The summed E-state index contributed by atoms with van der Waals surface area (Å²) in [5.74, 6) is 1.55. The lowest BCUT2D eigenvalue weighted by Crippen LogP contribution is -2.07. The van der Waals surface area contributed by atoms with Gasteiger partial charge >= 0.3 is 0 Å². The van der Waals surface area contributed by atoms with Crippen LogP contribution in [0.2, 0.25) is 5.02 Å². The number of hydrogen-bond donors (Lipinski definition) is 1. The van der Waals surface area contributed by atoms with Gasteiger partial charge in [-0.15, -0.1) is 0 Å². The molecule has 0 saturated heterocycles. The van der Waals surface area contributed by atoms with Crippen molar-refractivity contribution in [2.45, 2.75) is 26.7 Å². The molecular weight excluding hydrogens is 286 g/mol. The molecule has 1 aromatic heterocycles. The highest BCUT2D eigenvalue weighted by atomic mass is 35.5. The second-order valence-electron chi connectivity index (χ2n) is 4.68. The summed E-state index contributed by atoms with van der Waals surface area (Å²) in [5, 5.41) is 3.95. The van der Waals surface area contributed by atoms with Crippen molar-refractivity contribution in [1.82, 2.24) is 9.97 Å². The molecule has 21 heavy (non-hydrogen) atoms. The van der Waals surface area contributed by atoms with Gasteiger partial charge in [0.2, 0.25) is 0 Å². The Bertz CT molecular complexity index is 616. The van der Waals surface area contributed by atoms with E-state index < -0.39 is 0 Å². The minimum atomic E-state index is 0.595. The average Bonchev–Trinajstić information content (AvgIpc) is 2.53. The quantitative estimate of drug-likeness (QED) is 0.869. The fraction of sp³-hybridized carbons (Fsp3) is 0.375. The van der Waals surface area contributed by atoms with Gasteiger partial charge in [-0.2, -0.15) is 0 Å². The minimum Gasteiger partial charge on any atom is -0.495 e. The molecule has 0 unspecified atom stereocenters. The number of aromatic nitrogens is 2. The largest absolute Gasteiger partial charge is 0.495 e. The zero-order valence-electron chi connectivity index (χ0n) is 12.6. The molecule has 0 aliphatic heterocycles. The maximum absolute atomic E-state index is 6.09.